The zero-order valence-electron chi connectivity index (χ0n) is 15.4. The first-order valence-electron chi connectivity index (χ1n) is 9.62. The molecule has 27 heavy (non-hydrogen) atoms. The Balaban J connectivity index is 1.28. The molecule has 2 aromatic carbocycles. The van der Waals surface area contributed by atoms with Crippen LogP contribution in [-0.4, -0.2) is 37.0 Å². The number of ether oxygens (including phenoxy) is 1. The monoisotopic (exact) mass is 363 g/mol. The quantitative estimate of drug-likeness (QED) is 0.578. The minimum Gasteiger partial charge on any atom is -0.494 e. The van der Waals surface area contributed by atoms with E-state index in [1.807, 2.05) is 48.5 Å². The summed E-state index contributed by atoms with van der Waals surface area (Å²) in [5.74, 6) is 0.792. The van der Waals surface area contributed by atoms with E-state index < -0.39 is 0 Å². The van der Waals surface area contributed by atoms with Gasteiger partial charge in [-0.15, -0.1) is 0 Å². The molecule has 2 aromatic rings. The number of hydrogen-bond donors (Lipinski definition) is 2. The van der Waals surface area contributed by atoms with E-state index in [1.165, 1.54) is 25.9 Å². The van der Waals surface area contributed by atoms with Gasteiger partial charge in [0.25, 0.3) is 5.91 Å². The topological polar surface area (TPSA) is 53.6 Å². The normalized spacial score (nSPS) is 17.8. The second-order valence-electron chi connectivity index (χ2n) is 6.98. The van der Waals surface area contributed by atoms with E-state index in [9.17, 15) is 4.79 Å². The molecule has 0 unspecified atom stereocenters. The standard InChI is InChI=1S/C22H25N3O2/c26-22-20(19-6-1-2-7-21(19)24-22)16-23-17-8-10-18(11-9-17)27-15-5-14-25-12-3-4-13-25/h1-2,6-11,16,23H,3-5,12-15H2,(H,24,26)/b20-16+. The number of hydrogen-bond acceptors (Lipinski definition) is 4. The predicted octanol–water partition coefficient (Wildman–Crippen LogP) is 3.96. The van der Waals surface area contributed by atoms with Crippen LogP contribution in [0, 0.1) is 0 Å². The van der Waals surface area contributed by atoms with Crippen molar-refractivity contribution in [2.24, 2.45) is 0 Å². The Labute approximate surface area is 160 Å². The van der Waals surface area contributed by atoms with Gasteiger partial charge in [-0.05, 0) is 62.7 Å². The summed E-state index contributed by atoms with van der Waals surface area (Å²) < 4.78 is 5.83. The van der Waals surface area contributed by atoms with Crippen molar-refractivity contribution in [1.82, 2.24) is 4.90 Å². The highest BCUT2D eigenvalue weighted by Crippen LogP contribution is 2.31. The highest BCUT2D eigenvalue weighted by Gasteiger charge is 2.23. The van der Waals surface area contributed by atoms with E-state index >= 15 is 0 Å². The van der Waals surface area contributed by atoms with Crippen molar-refractivity contribution in [3.05, 3.63) is 60.3 Å². The van der Waals surface area contributed by atoms with E-state index in [2.05, 4.69) is 15.5 Å². The van der Waals surface area contributed by atoms with Crippen LogP contribution >= 0.6 is 0 Å². The van der Waals surface area contributed by atoms with E-state index in [0.29, 0.717) is 5.57 Å². The van der Waals surface area contributed by atoms with Crippen LogP contribution in [-0.2, 0) is 4.79 Å². The van der Waals surface area contributed by atoms with Gasteiger partial charge < -0.3 is 20.3 Å². The molecule has 0 spiro atoms. The van der Waals surface area contributed by atoms with E-state index in [-0.39, 0.29) is 5.91 Å². The molecule has 1 amide bonds. The van der Waals surface area contributed by atoms with Gasteiger partial charge in [-0.2, -0.15) is 0 Å². The van der Waals surface area contributed by atoms with Crippen LogP contribution in [0.4, 0.5) is 11.4 Å². The SMILES string of the molecule is O=C1Nc2ccccc2/C1=C\Nc1ccc(OCCCN2CCCC2)cc1. The number of benzene rings is 2. The molecule has 2 heterocycles. The molecule has 2 aliphatic rings. The number of carbonyl (C=O) groups is 1. The van der Waals surface area contributed by atoms with Gasteiger partial charge in [-0.1, -0.05) is 18.2 Å². The molecular weight excluding hydrogens is 338 g/mol. The molecule has 140 valence electrons. The summed E-state index contributed by atoms with van der Waals surface area (Å²) in [6, 6.07) is 15.5. The molecule has 4 rings (SSSR count). The van der Waals surface area contributed by atoms with Crippen molar-refractivity contribution < 1.29 is 9.53 Å². The second-order valence-corrected chi connectivity index (χ2v) is 6.98. The first-order chi connectivity index (χ1) is 13.3. The zero-order chi connectivity index (χ0) is 18.5. The molecule has 0 aromatic heterocycles. The van der Waals surface area contributed by atoms with Crippen LogP contribution in [0.15, 0.2) is 54.7 Å². The van der Waals surface area contributed by atoms with Crippen LogP contribution in [0.5, 0.6) is 5.75 Å². The molecule has 0 atom stereocenters. The number of anilines is 2. The average molecular weight is 363 g/mol. The maximum atomic E-state index is 12.1. The van der Waals surface area contributed by atoms with Crippen molar-refractivity contribution in [1.29, 1.82) is 0 Å². The summed E-state index contributed by atoms with van der Waals surface area (Å²) in [6.45, 7) is 4.33. The predicted molar refractivity (Wildman–Crippen MR) is 109 cm³/mol. The molecule has 2 N–H and O–H groups in total. The van der Waals surface area contributed by atoms with E-state index in [4.69, 9.17) is 4.74 Å². The zero-order valence-corrected chi connectivity index (χ0v) is 15.4. The highest BCUT2D eigenvalue weighted by atomic mass is 16.5. The first-order valence-corrected chi connectivity index (χ1v) is 9.62. The molecule has 0 bridgehead atoms. The molecule has 1 fully saturated rings. The van der Waals surface area contributed by atoms with Crippen molar-refractivity contribution in [2.45, 2.75) is 19.3 Å². The Morgan fingerprint density at radius 1 is 1.07 bits per heavy atom. The molecule has 5 nitrogen and oxygen atoms in total. The maximum absolute atomic E-state index is 12.1. The van der Waals surface area contributed by atoms with Gasteiger partial charge in [0, 0.05) is 29.7 Å². The maximum Gasteiger partial charge on any atom is 0.257 e. The molecule has 2 aliphatic heterocycles. The molecule has 5 heteroatoms. The first kappa shape index (κ1) is 17.6. The lowest BCUT2D eigenvalue weighted by Gasteiger charge is -2.14. The van der Waals surface area contributed by atoms with Crippen LogP contribution in [0.1, 0.15) is 24.8 Å². The summed E-state index contributed by atoms with van der Waals surface area (Å²) in [7, 11) is 0. The summed E-state index contributed by atoms with van der Waals surface area (Å²) >= 11 is 0. The second kappa shape index (κ2) is 8.27. The summed E-state index contributed by atoms with van der Waals surface area (Å²) in [5.41, 5.74) is 3.35. The fraction of sp³-hybridized carbons (Fsp3) is 0.318. The van der Waals surface area contributed by atoms with Crippen molar-refractivity contribution in [3.63, 3.8) is 0 Å². The summed E-state index contributed by atoms with van der Waals surface area (Å²) in [5, 5.41) is 6.08. The highest BCUT2D eigenvalue weighted by molar-refractivity contribution is 6.31. The Morgan fingerprint density at radius 3 is 2.67 bits per heavy atom. The third-order valence-electron chi connectivity index (χ3n) is 5.03. The molecule has 0 radical (unpaired) electrons. The number of nitrogens with zero attached hydrogens (tertiary/aromatic N) is 1. The third-order valence-corrected chi connectivity index (χ3v) is 5.03. The third kappa shape index (κ3) is 4.31. The fourth-order valence-electron chi connectivity index (χ4n) is 3.57. The average Bonchev–Trinajstić information content (AvgIpc) is 3.32. The van der Waals surface area contributed by atoms with Gasteiger partial charge in [-0.3, -0.25) is 4.79 Å². The number of likely N-dealkylation sites (tertiary alicyclic amines) is 1. The van der Waals surface area contributed by atoms with Gasteiger partial charge in [0.15, 0.2) is 0 Å². The minimum atomic E-state index is -0.0818. The van der Waals surface area contributed by atoms with Crippen LogP contribution in [0.25, 0.3) is 5.57 Å². The van der Waals surface area contributed by atoms with Gasteiger partial charge in [0.1, 0.15) is 5.75 Å². The lowest BCUT2D eigenvalue weighted by molar-refractivity contribution is -0.110. The molecular formula is C22H25N3O2. The fourth-order valence-corrected chi connectivity index (χ4v) is 3.57. The molecule has 1 saturated heterocycles. The van der Waals surface area contributed by atoms with E-state index in [0.717, 1.165) is 42.3 Å². The summed E-state index contributed by atoms with van der Waals surface area (Å²) in [6.07, 6.45) is 5.48. The molecule has 0 aliphatic carbocycles. The Morgan fingerprint density at radius 2 is 1.85 bits per heavy atom. The van der Waals surface area contributed by atoms with Crippen molar-refractivity contribution in [3.8, 4) is 5.75 Å². The Hall–Kier alpha value is -2.79. The lowest BCUT2D eigenvalue weighted by atomic mass is 10.1. The number of para-hydroxylation sites is 1. The number of amides is 1. The van der Waals surface area contributed by atoms with Gasteiger partial charge >= 0.3 is 0 Å². The largest absolute Gasteiger partial charge is 0.494 e. The molecule has 0 saturated carbocycles. The number of fused-ring (bicyclic) bond motifs is 1. The van der Waals surface area contributed by atoms with Gasteiger partial charge in [0.05, 0.1) is 12.2 Å². The Bertz CT molecular complexity index is 824. The number of carbonyl (C=O) groups excluding carboxylic acids is 1. The summed E-state index contributed by atoms with van der Waals surface area (Å²) in [4.78, 5) is 14.6. The van der Waals surface area contributed by atoms with Crippen molar-refractivity contribution >= 4 is 22.9 Å². The minimum absolute atomic E-state index is 0.0818. The number of nitrogens with one attached hydrogen (secondary N) is 2. The number of rotatable bonds is 7. The van der Waals surface area contributed by atoms with Crippen LogP contribution in [0.3, 0.4) is 0 Å². The van der Waals surface area contributed by atoms with Gasteiger partial charge in [-0.25, -0.2) is 0 Å². The smallest absolute Gasteiger partial charge is 0.257 e. The van der Waals surface area contributed by atoms with Crippen molar-refractivity contribution in [2.75, 3.05) is 36.9 Å². The van der Waals surface area contributed by atoms with E-state index in [1.54, 1.807) is 6.20 Å². The Kier molecular flexibility index (Phi) is 5.39. The van der Waals surface area contributed by atoms with Crippen LogP contribution in [0.2, 0.25) is 0 Å². The lowest BCUT2D eigenvalue weighted by Crippen LogP contribution is -2.21. The van der Waals surface area contributed by atoms with Gasteiger partial charge in [0.2, 0.25) is 0 Å². The van der Waals surface area contributed by atoms with Crippen LogP contribution < -0.4 is 15.4 Å².